The van der Waals surface area contributed by atoms with Crippen molar-refractivity contribution in [1.82, 2.24) is 0 Å². The van der Waals surface area contributed by atoms with Gasteiger partial charge in [0.05, 0.1) is 0 Å². The van der Waals surface area contributed by atoms with Gasteiger partial charge in [0.2, 0.25) is 0 Å². The van der Waals surface area contributed by atoms with Crippen LogP contribution in [-0.2, 0) is 12.5 Å². The van der Waals surface area contributed by atoms with E-state index in [0.717, 1.165) is 34.3 Å². The molecule has 0 fully saturated rings. The summed E-state index contributed by atoms with van der Waals surface area (Å²) in [5.41, 5.74) is 0. The number of hydrogen-bond acceptors (Lipinski definition) is 0. The summed E-state index contributed by atoms with van der Waals surface area (Å²) in [7, 11) is 10.8. The minimum absolute atomic E-state index is 0.327. The molecule has 0 aliphatic rings. The van der Waals surface area contributed by atoms with Gasteiger partial charge < -0.3 is 0 Å². The zero-order valence-corrected chi connectivity index (χ0v) is 26.0. The van der Waals surface area contributed by atoms with Crippen molar-refractivity contribution >= 4 is 65.7 Å². The summed E-state index contributed by atoms with van der Waals surface area (Å²) in [5, 5.41) is 5.81. The second-order valence-corrected chi connectivity index (χ2v) is 18.5. The fourth-order valence-electron chi connectivity index (χ4n) is 3.75. The predicted octanol–water partition coefficient (Wildman–Crippen LogP) is 7.21. The molecule has 0 saturated carbocycles. The Hall–Kier alpha value is -0.616. The van der Waals surface area contributed by atoms with Gasteiger partial charge in [-0.2, -0.15) is 0 Å². The van der Waals surface area contributed by atoms with Crippen LogP contribution in [0.3, 0.4) is 0 Å². The van der Waals surface area contributed by atoms with Crippen LogP contribution in [0.15, 0.2) is 121 Å². The molecular formula is C30H34ClNiP4. The number of hydrogen-bond donors (Lipinski definition) is 0. The van der Waals surface area contributed by atoms with E-state index in [1.165, 1.54) is 46.4 Å². The summed E-state index contributed by atoms with van der Waals surface area (Å²) in [5.74, 6) is 0. The van der Waals surface area contributed by atoms with E-state index < -0.39 is 0 Å². The molecule has 0 nitrogen and oxygen atoms in total. The summed E-state index contributed by atoms with van der Waals surface area (Å²) in [6.45, 7) is 0. The third-order valence-electron chi connectivity index (χ3n) is 5.56. The Morgan fingerprint density at radius 1 is 0.472 bits per heavy atom. The molecular weight excluding hydrogens is 578 g/mol. The predicted molar refractivity (Wildman–Crippen MR) is 170 cm³/mol. The molecule has 0 spiro atoms. The fourth-order valence-corrected chi connectivity index (χ4v) is 15.3. The van der Waals surface area contributed by atoms with Crippen LogP contribution in [0.5, 0.6) is 0 Å². The van der Waals surface area contributed by atoms with Crippen LogP contribution in [-0.4, -0.2) is 21.6 Å². The normalized spacial score (nSPS) is 14.5. The van der Waals surface area contributed by atoms with Crippen molar-refractivity contribution in [3.05, 3.63) is 121 Å². The van der Waals surface area contributed by atoms with Crippen molar-refractivity contribution in [1.29, 1.82) is 0 Å². The third-order valence-corrected chi connectivity index (χ3v) is 17.3. The summed E-state index contributed by atoms with van der Waals surface area (Å²) >= 11 is -0.327. The van der Waals surface area contributed by atoms with E-state index in [0.29, 0.717) is 9.26 Å². The van der Waals surface area contributed by atoms with Gasteiger partial charge in [-0.1, -0.05) is 0 Å². The number of rotatable bonds is 14. The van der Waals surface area contributed by atoms with Gasteiger partial charge in [-0.3, -0.25) is 0 Å². The number of benzene rings is 4. The molecule has 0 saturated heterocycles. The Morgan fingerprint density at radius 3 is 1.11 bits per heavy atom. The van der Waals surface area contributed by atoms with Crippen molar-refractivity contribution in [2.45, 2.75) is 22.1 Å². The third kappa shape index (κ3) is 9.93. The molecule has 6 heteroatoms. The van der Waals surface area contributed by atoms with Crippen molar-refractivity contribution in [3.63, 3.8) is 0 Å². The Balaban J connectivity index is 1.46. The first-order valence-corrected chi connectivity index (χ1v) is 19.3. The Morgan fingerprint density at radius 2 is 0.778 bits per heavy atom. The Kier molecular flexibility index (Phi) is 12.9. The fraction of sp³-hybridized carbons (Fsp3) is 0.200. The first-order valence-electron chi connectivity index (χ1n) is 12.2. The molecule has 0 radical (unpaired) electrons. The van der Waals surface area contributed by atoms with Crippen LogP contribution in [0.1, 0.15) is 12.8 Å². The first-order chi connectivity index (χ1) is 17.8. The maximum atomic E-state index is 7.54. The summed E-state index contributed by atoms with van der Waals surface area (Å²) in [6.07, 6.45) is 4.86. The van der Waals surface area contributed by atoms with Gasteiger partial charge in [0, 0.05) is 0 Å². The van der Waals surface area contributed by atoms with E-state index in [1.54, 1.807) is 0 Å². The standard InChI is InChI=1S/2C15H17P2.ClH.Ni/c2*1-3-8-14(9-4-1)16-12-7-13-17-15-10-5-2-6-11-15;;/h2*1-6,8-12,16-17H,7,13H2;1H;/q;;;+1/p-1. The van der Waals surface area contributed by atoms with Crippen LogP contribution in [0.4, 0.5) is 0 Å². The van der Waals surface area contributed by atoms with Crippen LogP contribution in [0.2, 0.25) is 0 Å². The van der Waals surface area contributed by atoms with Crippen molar-refractivity contribution in [2.75, 3.05) is 12.3 Å². The second-order valence-electron chi connectivity index (χ2n) is 8.28. The molecule has 4 aromatic carbocycles. The van der Waals surface area contributed by atoms with Gasteiger partial charge in [-0.15, -0.1) is 0 Å². The Labute approximate surface area is 232 Å². The van der Waals surface area contributed by atoms with Gasteiger partial charge in [0.1, 0.15) is 0 Å². The average Bonchev–Trinajstić information content (AvgIpc) is 2.94. The van der Waals surface area contributed by atoms with Crippen LogP contribution in [0.25, 0.3) is 0 Å². The van der Waals surface area contributed by atoms with Crippen molar-refractivity contribution in [2.24, 2.45) is 0 Å². The van der Waals surface area contributed by atoms with E-state index in [4.69, 9.17) is 10.2 Å². The van der Waals surface area contributed by atoms with Crippen LogP contribution < -0.4 is 21.2 Å². The number of halogens is 1. The molecule has 0 aromatic heterocycles. The molecule has 0 heterocycles. The SMILES string of the molecule is [Cl][Ni]([CH](CCPc1ccccc1)Pc1ccccc1)[CH](CCPc1ccccc1)Pc1ccccc1. The molecule has 4 rings (SSSR count). The summed E-state index contributed by atoms with van der Waals surface area (Å²) < 4.78 is 1.10. The molecule has 0 bridgehead atoms. The molecule has 4 aromatic rings. The maximum absolute atomic E-state index is 7.54. The molecule has 6 unspecified atom stereocenters. The average molecular weight is 613 g/mol. The topological polar surface area (TPSA) is 0 Å². The molecule has 0 N–H and O–H groups in total. The van der Waals surface area contributed by atoms with Crippen LogP contribution in [0, 0.1) is 0 Å². The monoisotopic (exact) mass is 611 g/mol. The van der Waals surface area contributed by atoms with E-state index in [1.807, 2.05) is 0 Å². The molecule has 0 aliphatic heterocycles. The zero-order chi connectivity index (χ0) is 24.8. The van der Waals surface area contributed by atoms with E-state index >= 15 is 0 Å². The quantitative estimate of drug-likeness (QED) is 0.104. The van der Waals surface area contributed by atoms with Gasteiger partial charge >= 0.3 is 234 Å². The van der Waals surface area contributed by atoms with E-state index in [9.17, 15) is 0 Å². The van der Waals surface area contributed by atoms with Gasteiger partial charge in [-0.05, 0) is 0 Å². The van der Waals surface area contributed by atoms with E-state index in [-0.39, 0.29) is 12.5 Å². The second kappa shape index (κ2) is 16.4. The molecule has 191 valence electrons. The van der Waals surface area contributed by atoms with Gasteiger partial charge in [0.15, 0.2) is 0 Å². The zero-order valence-electron chi connectivity index (χ0n) is 20.2. The van der Waals surface area contributed by atoms with Gasteiger partial charge in [-0.25, -0.2) is 0 Å². The van der Waals surface area contributed by atoms with Crippen molar-refractivity contribution in [3.8, 4) is 0 Å². The van der Waals surface area contributed by atoms with Gasteiger partial charge in [0.25, 0.3) is 0 Å². The van der Waals surface area contributed by atoms with Crippen LogP contribution >= 0.6 is 44.5 Å². The van der Waals surface area contributed by atoms with E-state index in [2.05, 4.69) is 121 Å². The summed E-state index contributed by atoms with van der Waals surface area (Å²) in [4.78, 5) is 0. The molecule has 0 aliphatic carbocycles. The molecule has 0 amide bonds. The van der Waals surface area contributed by atoms with Crippen molar-refractivity contribution < 1.29 is 12.5 Å². The Bertz CT molecular complexity index is 1030. The molecule has 36 heavy (non-hydrogen) atoms. The first kappa shape index (κ1) is 28.4. The summed E-state index contributed by atoms with van der Waals surface area (Å²) in [6, 6.07) is 43.9. The molecule has 6 atom stereocenters. The minimum atomic E-state index is -0.327.